The van der Waals surface area contributed by atoms with E-state index in [1.807, 2.05) is 6.07 Å². The first-order valence-electron chi connectivity index (χ1n) is 12.2. The summed E-state index contributed by atoms with van der Waals surface area (Å²) in [5.41, 5.74) is 5.14. The van der Waals surface area contributed by atoms with Crippen LogP contribution in [0.3, 0.4) is 0 Å². The molecule has 0 saturated carbocycles. The molecule has 1 aliphatic heterocycles. The van der Waals surface area contributed by atoms with Crippen molar-refractivity contribution in [3.63, 3.8) is 0 Å². The van der Waals surface area contributed by atoms with Crippen molar-refractivity contribution >= 4 is 11.8 Å². The molecule has 0 spiro atoms. The van der Waals surface area contributed by atoms with Gasteiger partial charge in [-0.2, -0.15) is 0 Å². The van der Waals surface area contributed by atoms with Crippen molar-refractivity contribution in [1.29, 1.82) is 0 Å². The number of hydrogen-bond acceptors (Lipinski definition) is 6. The molecule has 0 amide bonds. The van der Waals surface area contributed by atoms with Gasteiger partial charge in [0.15, 0.2) is 22.5 Å². The van der Waals surface area contributed by atoms with E-state index in [1.165, 1.54) is 16.7 Å². The Labute approximate surface area is 214 Å². The average Bonchev–Trinajstić information content (AvgIpc) is 3.24. The quantitative estimate of drug-likeness (QED) is 0.411. The predicted octanol–water partition coefficient (Wildman–Crippen LogP) is 6.12. The van der Waals surface area contributed by atoms with Gasteiger partial charge in [0.25, 0.3) is 0 Å². The van der Waals surface area contributed by atoms with E-state index in [4.69, 9.17) is 9.47 Å². The predicted molar refractivity (Wildman–Crippen MR) is 144 cm³/mol. The molecule has 0 fully saturated rings. The van der Waals surface area contributed by atoms with Crippen molar-refractivity contribution in [1.82, 2.24) is 19.7 Å². The molecule has 0 bridgehead atoms. The molecule has 4 rings (SSSR count). The van der Waals surface area contributed by atoms with Crippen LogP contribution in [-0.2, 0) is 23.9 Å². The molecule has 7 heteroatoms. The number of rotatable bonds is 6. The third-order valence-corrected chi connectivity index (χ3v) is 7.58. The molecule has 0 atom stereocenters. The maximum atomic E-state index is 5.47. The minimum Gasteiger partial charge on any atom is -0.493 e. The first-order valence-corrected chi connectivity index (χ1v) is 13.1. The van der Waals surface area contributed by atoms with Crippen LogP contribution in [0.1, 0.15) is 58.2 Å². The second kappa shape index (κ2) is 9.86. The molecule has 0 unspecified atom stereocenters. The molecular weight excluding hydrogens is 456 g/mol. The van der Waals surface area contributed by atoms with Gasteiger partial charge in [-0.15, -0.1) is 10.2 Å². The zero-order valence-corrected chi connectivity index (χ0v) is 23.1. The van der Waals surface area contributed by atoms with Crippen LogP contribution in [0.5, 0.6) is 11.5 Å². The van der Waals surface area contributed by atoms with Crippen LogP contribution in [0.25, 0.3) is 11.4 Å². The van der Waals surface area contributed by atoms with Gasteiger partial charge in [-0.3, -0.25) is 9.47 Å². The van der Waals surface area contributed by atoms with Crippen LogP contribution >= 0.6 is 11.8 Å². The van der Waals surface area contributed by atoms with E-state index < -0.39 is 0 Å². The first-order chi connectivity index (χ1) is 16.5. The topological polar surface area (TPSA) is 52.4 Å². The van der Waals surface area contributed by atoms with Crippen molar-refractivity contribution in [3.05, 3.63) is 53.1 Å². The summed E-state index contributed by atoms with van der Waals surface area (Å²) < 4.78 is 13.1. The third kappa shape index (κ3) is 5.67. The van der Waals surface area contributed by atoms with Crippen molar-refractivity contribution in [2.75, 3.05) is 26.6 Å². The molecule has 0 radical (unpaired) electrons. The van der Waals surface area contributed by atoms with Crippen LogP contribution in [-0.4, -0.2) is 46.3 Å². The minimum atomic E-state index is 0.0565. The summed E-state index contributed by atoms with van der Waals surface area (Å²) in [5.74, 6) is 3.38. The summed E-state index contributed by atoms with van der Waals surface area (Å²) >= 11 is 1.75. The Morgan fingerprint density at radius 2 is 1.51 bits per heavy atom. The molecule has 188 valence electrons. The third-order valence-electron chi connectivity index (χ3n) is 6.52. The van der Waals surface area contributed by atoms with Gasteiger partial charge < -0.3 is 9.47 Å². The molecule has 0 N–H and O–H groups in total. The van der Waals surface area contributed by atoms with Gasteiger partial charge in [-0.25, -0.2) is 0 Å². The minimum absolute atomic E-state index is 0.0565. The lowest BCUT2D eigenvalue weighted by Gasteiger charge is -2.29. The summed E-state index contributed by atoms with van der Waals surface area (Å²) in [4.78, 5) is 2.44. The Bertz CT molecular complexity index is 1160. The van der Waals surface area contributed by atoms with Crippen molar-refractivity contribution in [3.8, 4) is 22.9 Å². The van der Waals surface area contributed by atoms with E-state index in [0.717, 1.165) is 53.6 Å². The standard InChI is InChI=1S/C28H38N4O2S/c1-27(2,3)21-14-20(15-22(16-21)28(4,5)6)25-29-30-26-32(25)17-31(18-35-26)12-11-19-9-10-23(33-7)24(13-19)34-8/h9-10,13-16H,11-12,17-18H2,1-8H3. The number of fused-ring (bicyclic) bond motifs is 1. The fourth-order valence-corrected chi connectivity index (χ4v) is 5.12. The normalized spacial score (nSPS) is 14.6. The fourth-order valence-electron chi connectivity index (χ4n) is 4.21. The van der Waals surface area contributed by atoms with E-state index in [-0.39, 0.29) is 10.8 Å². The van der Waals surface area contributed by atoms with E-state index in [1.54, 1.807) is 26.0 Å². The Hall–Kier alpha value is -2.51. The molecule has 35 heavy (non-hydrogen) atoms. The van der Waals surface area contributed by atoms with Crippen LogP contribution in [0, 0.1) is 0 Å². The Balaban J connectivity index is 1.58. The molecule has 2 heterocycles. The largest absolute Gasteiger partial charge is 0.493 e. The van der Waals surface area contributed by atoms with Gasteiger partial charge in [0.05, 0.1) is 26.8 Å². The second-order valence-electron chi connectivity index (χ2n) is 11.3. The Morgan fingerprint density at radius 1 is 0.857 bits per heavy atom. The van der Waals surface area contributed by atoms with E-state index in [0.29, 0.717) is 0 Å². The second-order valence-corrected chi connectivity index (χ2v) is 12.2. The highest BCUT2D eigenvalue weighted by Gasteiger charge is 2.26. The number of nitrogens with zero attached hydrogens (tertiary/aromatic N) is 4. The van der Waals surface area contributed by atoms with E-state index in [9.17, 15) is 0 Å². The number of thioether (sulfide) groups is 1. The maximum Gasteiger partial charge on any atom is 0.193 e. The SMILES string of the molecule is COc1ccc(CCN2CSc3nnc(-c4cc(C(C)(C)C)cc(C(C)(C)C)c4)n3C2)cc1OC. The highest BCUT2D eigenvalue weighted by Crippen LogP contribution is 2.35. The van der Waals surface area contributed by atoms with Gasteiger partial charge in [-0.05, 0) is 58.2 Å². The Morgan fingerprint density at radius 3 is 2.11 bits per heavy atom. The molecule has 1 aliphatic rings. The highest BCUT2D eigenvalue weighted by atomic mass is 32.2. The van der Waals surface area contributed by atoms with Gasteiger partial charge >= 0.3 is 0 Å². The summed E-state index contributed by atoms with van der Waals surface area (Å²) in [6, 6.07) is 13.1. The molecule has 0 saturated heterocycles. The molecule has 3 aromatic rings. The molecular formula is C28H38N4O2S. The lowest BCUT2D eigenvalue weighted by atomic mass is 9.79. The lowest BCUT2D eigenvalue weighted by Crippen LogP contribution is -2.32. The molecule has 0 aliphatic carbocycles. The van der Waals surface area contributed by atoms with Crippen LogP contribution in [0.15, 0.2) is 41.6 Å². The number of benzene rings is 2. The highest BCUT2D eigenvalue weighted by molar-refractivity contribution is 7.99. The number of aromatic nitrogens is 3. The summed E-state index contributed by atoms with van der Waals surface area (Å²) in [5, 5.41) is 10.2. The van der Waals surface area contributed by atoms with Crippen molar-refractivity contribution in [2.45, 2.75) is 70.6 Å². The monoisotopic (exact) mass is 494 g/mol. The zero-order chi connectivity index (χ0) is 25.4. The maximum absolute atomic E-state index is 5.47. The molecule has 6 nitrogen and oxygen atoms in total. The van der Waals surface area contributed by atoms with Crippen LogP contribution in [0.4, 0.5) is 0 Å². The van der Waals surface area contributed by atoms with Crippen molar-refractivity contribution in [2.24, 2.45) is 0 Å². The van der Waals surface area contributed by atoms with Gasteiger partial charge in [0, 0.05) is 12.1 Å². The fraction of sp³-hybridized carbons (Fsp3) is 0.500. The van der Waals surface area contributed by atoms with E-state index in [2.05, 4.69) is 91.5 Å². The molecule has 1 aromatic heterocycles. The van der Waals surface area contributed by atoms with Gasteiger partial charge in [-0.1, -0.05) is 65.4 Å². The number of methoxy groups -OCH3 is 2. The smallest absolute Gasteiger partial charge is 0.193 e. The lowest BCUT2D eigenvalue weighted by molar-refractivity contribution is 0.242. The summed E-state index contributed by atoms with van der Waals surface area (Å²) in [6.45, 7) is 15.3. The van der Waals surface area contributed by atoms with Gasteiger partial charge in [0.2, 0.25) is 0 Å². The zero-order valence-electron chi connectivity index (χ0n) is 22.3. The number of ether oxygens (including phenoxy) is 2. The van der Waals surface area contributed by atoms with Gasteiger partial charge in [0.1, 0.15) is 0 Å². The average molecular weight is 495 g/mol. The summed E-state index contributed by atoms with van der Waals surface area (Å²) in [7, 11) is 3.34. The number of hydrogen-bond donors (Lipinski definition) is 0. The van der Waals surface area contributed by atoms with E-state index >= 15 is 0 Å². The van der Waals surface area contributed by atoms with Crippen molar-refractivity contribution < 1.29 is 9.47 Å². The first kappa shape index (κ1) is 25.6. The van der Waals surface area contributed by atoms with Crippen LogP contribution < -0.4 is 9.47 Å². The summed E-state index contributed by atoms with van der Waals surface area (Å²) in [6.07, 6.45) is 0.932. The molecule has 2 aromatic carbocycles. The van der Waals surface area contributed by atoms with Crippen LogP contribution in [0.2, 0.25) is 0 Å². The Kier molecular flexibility index (Phi) is 7.21.